The van der Waals surface area contributed by atoms with E-state index in [-0.39, 0.29) is 12.0 Å². The lowest BCUT2D eigenvalue weighted by Crippen LogP contribution is -2.42. The van der Waals surface area contributed by atoms with Crippen molar-refractivity contribution < 1.29 is 24.6 Å². The molecule has 3 aromatic rings. The summed E-state index contributed by atoms with van der Waals surface area (Å²) in [4.78, 5) is 34.9. The molecule has 0 aromatic heterocycles. The maximum atomic E-state index is 12.5. The first-order valence-corrected chi connectivity index (χ1v) is 8.29. The molecule has 6 nitrogen and oxygen atoms in total. The molecule has 136 valence electrons. The van der Waals surface area contributed by atoms with Crippen LogP contribution in [0.15, 0.2) is 66.7 Å². The maximum Gasteiger partial charge on any atom is 0.335 e. The van der Waals surface area contributed by atoms with Crippen molar-refractivity contribution >= 4 is 28.6 Å². The highest BCUT2D eigenvalue weighted by Crippen LogP contribution is 2.16. The Morgan fingerprint density at radius 2 is 1.44 bits per heavy atom. The molecule has 0 unspecified atom stereocenters. The van der Waals surface area contributed by atoms with Crippen LogP contribution in [0.1, 0.15) is 26.3 Å². The second-order valence-electron chi connectivity index (χ2n) is 6.13. The Bertz CT molecular complexity index is 1010. The molecule has 27 heavy (non-hydrogen) atoms. The van der Waals surface area contributed by atoms with E-state index in [0.29, 0.717) is 11.1 Å². The molecular weight excluding hydrogens is 346 g/mol. The first kappa shape index (κ1) is 18.1. The van der Waals surface area contributed by atoms with Gasteiger partial charge in [-0.3, -0.25) is 4.79 Å². The summed E-state index contributed by atoms with van der Waals surface area (Å²) >= 11 is 0. The Balaban J connectivity index is 1.75. The average Bonchev–Trinajstić information content (AvgIpc) is 2.67. The lowest BCUT2D eigenvalue weighted by atomic mass is 10.0. The van der Waals surface area contributed by atoms with Crippen molar-refractivity contribution in [3.63, 3.8) is 0 Å². The Kier molecular flexibility index (Phi) is 5.17. The number of fused-ring (bicyclic) bond motifs is 1. The summed E-state index contributed by atoms with van der Waals surface area (Å²) in [6.45, 7) is 0. The predicted molar refractivity (Wildman–Crippen MR) is 99.9 cm³/mol. The zero-order chi connectivity index (χ0) is 19.4. The van der Waals surface area contributed by atoms with Crippen molar-refractivity contribution in [2.24, 2.45) is 0 Å². The van der Waals surface area contributed by atoms with Gasteiger partial charge < -0.3 is 15.5 Å². The zero-order valence-corrected chi connectivity index (χ0v) is 14.3. The number of amides is 1. The minimum atomic E-state index is -1.16. The fourth-order valence-electron chi connectivity index (χ4n) is 2.79. The van der Waals surface area contributed by atoms with Crippen molar-refractivity contribution in [1.82, 2.24) is 5.32 Å². The molecule has 0 radical (unpaired) electrons. The molecular formula is C21H17NO5. The van der Waals surface area contributed by atoms with Gasteiger partial charge in [-0.15, -0.1) is 0 Å². The number of carboxylic acids is 2. The molecule has 3 rings (SSSR count). The van der Waals surface area contributed by atoms with Crippen LogP contribution in [0.25, 0.3) is 10.8 Å². The number of hydrogen-bond acceptors (Lipinski definition) is 3. The van der Waals surface area contributed by atoms with Crippen LogP contribution in [0.3, 0.4) is 0 Å². The van der Waals surface area contributed by atoms with Crippen molar-refractivity contribution in [3.8, 4) is 0 Å². The van der Waals surface area contributed by atoms with Gasteiger partial charge in [0.15, 0.2) is 0 Å². The Morgan fingerprint density at radius 3 is 2.07 bits per heavy atom. The van der Waals surface area contributed by atoms with Gasteiger partial charge in [0.2, 0.25) is 0 Å². The number of carboxylic acid groups (broad SMARTS) is 2. The number of nitrogens with one attached hydrogen (secondary N) is 1. The van der Waals surface area contributed by atoms with Crippen LogP contribution in [-0.2, 0) is 11.2 Å². The van der Waals surface area contributed by atoms with E-state index in [9.17, 15) is 19.5 Å². The van der Waals surface area contributed by atoms with Gasteiger partial charge in [0.1, 0.15) is 6.04 Å². The normalized spacial score (nSPS) is 11.7. The van der Waals surface area contributed by atoms with Gasteiger partial charge in [-0.2, -0.15) is 0 Å². The average molecular weight is 363 g/mol. The van der Waals surface area contributed by atoms with E-state index in [1.54, 1.807) is 24.3 Å². The molecule has 0 heterocycles. The molecule has 0 bridgehead atoms. The molecule has 0 aliphatic rings. The van der Waals surface area contributed by atoms with Gasteiger partial charge >= 0.3 is 11.9 Å². The lowest BCUT2D eigenvalue weighted by molar-refractivity contribution is -0.139. The van der Waals surface area contributed by atoms with E-state index >= 15 is 0 Å². The minimum absolute atomic E-state index is 0.0502. The second kappa shape index (κ2) is 7.70. The molecule has 0 spiro atoms. The van der Waals surface area contributed by atoms with Crippen molar-refractivity contribution in [3.05, 3.63) is 83.4 Å². The molecule has 1 atom stereocenters. The van der Waals surface area contributed by atoms with Crippen LogP contribution in [0.5, 0.6) is 0 Å². The fraction of sp³-hybridized carbons (Fsp3) is 0.0952. The Morgan fingerprint density at radius 1 is 0.815 bits per heavy atom. The van der Waals surface area contributed by atoms with Gasteiger partial charge in [0.25, 0.3) is 5.91 Å². The number of rotatable bonds is 6. The number of carbonyl (C=O) groups excluding carboxylic acids is 1. The lowest BCUT2D eigenvalue weighted by Gasteiger charge is -2.15. The Hall–Kier alpha value is -3.67. The monoisotopic (exact) mass is 363 g/mol. The first-order valence-electron chi connectivity index (χ1n) is 8.29. The summed E-state index contributed by atoms with van der Waals surface area (Å²) in [6.07, 6.45) is 0.0502. The highest BCUT2D eigenvalue weighted by atomic mass is 16.4. The van der Waals surface area contributed by atoms with Gasteiger partial charge in [-0.05, 0) is 40.6 Å². The quantitative estimate of drug-likeness (QED) is 0.625. The van der Waals surface area contributed by atoms with E-state index in [1.807, 2.05) is 30.3 Å². The summed E-state index contributed by atoms with van der Waals surface area (Å²) in [5, 5.41) is 22.8. The van der Waals surface area contributed by atoms with E-state index < -0.39 is 23.9 Å². The Labute approximate surface area is 155 Å². The molecule has 3 N–H and O–H groups in total. The molecule has 6 heteroatoms. The molecule has 0 saturated carbocycles. The van der Waals surface area contributed by atoms with Crippen molar-refractivity contribution in [2.45, 2.75) is 12.5 Å². The van der Waals surface area contributed by atoms with Crippen LogP contribution in [0.2, 0.25) is 0 Å². The summed E-state index contributed by atoms with van der Waals surface area (Å²) in [5.41, 5.74) is 1.11. The van der Waals surface area contributed by atoms with Crippen LogP contribution < -0.4 is 5.32 Å². The van der Waals surface area contributed by atoms with E-state index in [1.165, 1.54) is 12.1 Å². The topological polar surface area (TPSA) is 104 Å². The van der Waals surface area contributed by atoms with E-state index in [0.717, 1.165) is 10.8 Å². The summed E-state index contributed by atoms with van der Waals surface area (Å²) < 4.78 is 0. The zero-order valence-electron chi connectivity index (χ0n) is 14.3. The molecule has 0 aliphatic heterocycles. The standard InChI is InChI=1S/C21H17NO5/c23-19(17-10-9-14-3-1-2-4-16(14)12-17)22-18(21(26)27)11-13-5-7-15(8-6-13)20(24)25/h1-10,12,18H,11H2,(H,22,23)(H,24,25)(H,26,27)/t18-/m1/s1. The number of benzene rings is 3. The molecule has 0 aliphatic carbocycles. The smallest absolute Gasteiger partial charge is 0.335 e. The van der Waals surface area contributed by atoms with Crippen molar-refractivity contribution in [2.75, 3.05) is 0 Å². The van der Waals surface area contributed by atoms with Gasteiger partial charge in [-0.1, -0.05) is 42.5 Å². The van der Waals surface area contributed by atoms with E-state index in [2.05, 4.69) is 5.32 Å². The number of aromatic carboxylic acids is 1. The SMILES string of the molecule is O=C(O)c1ccc(C[C@@H](NC(=O)c2ccc3ccccc3c2)C(=O)O)cc1. The largest absolute Gasteiger partial charge is 0.480 e. The third-order valence-electron chi connectivity index (χ3n) is 4.26. The van der Waals surface area contributed by atoms with Gasteiger partial charge in [0, 0.05) is 12.0 Å². The number of hydrogen-bond donors (Lipinski definition) is 3. The molecule has 0 saturated heterocycles. The molecule has 1 amide bonds. The highest BCUT2D eigenvalue weighted by Gasteiger charge is 2.21. The summed E-state index contributed by atoms with van der Waals surface area (Å²) in [7, 11) is 0. The van der Waals surface area contributed by atoms with Crippen LogP contribution in [0, 0.1) is 0 Å². The predicted octanol–water partition coefficient (Wildman–Crippen LogP) is 2.96. The van der Waals surface area contributed by atoms with Gasteiger partial charge in [-0.25, -0.2) is 9.59 Å². The third-order valence-corrected chi connectivity index (χ3v) is 4.26. The fourth-order valence-corrected chi connectivity index (χ4v) is 2.79. The van der Waals surface area contributed by atoms with E-state index in [4.69, 9.17) is 5.11 Å². The summed E-state index contributed by atoms with van der Waals surface area (Å²) in [5.74, 6) is -2.69. The second-order valence-corrected chi connectivity index (χ2v) is 6.13. The summed E-state index contributed by atoms with van der Waals surface area (Å²) in [6, 6.07) is 17.5. The van der Waals surface area contributed by atoms with Crippen LogP contribution in [0.4, 0.5) is 0 Å². The highest BCUT2D eigenvalue weighted by molar-refractivity contribution is 6.00. The van der Waals surface area contributed by atoms with Crippen LogP contribution >= 0.6 is 0 Å². The number of carbonyl (C=O) groups is 3. The van der Waals surface area contributed by atoms with Crippen molar-refractivity contribution in [1.29, 1.82) is 0 Å². The first-order chi connectivity index (χ1) is 12.9. The third kappa shape index (κ3) is 4.30. The molecule has 0 fully saturated rings. The number of aliphatic carboxylic acids is 1. The minimum Gasteiger partial charge on any atom is -0.480 e. The maximum absolute atomic E-state index is 12.5. The van der Waals surface area contributed by atoms with Gasteiger partial charge in [0.05, 0.1) is 5.56 Å². The molecule has 3 aromatic carbocycles. The van der Waals surface area contributed by atoms with Crippen LogP contribution in [-0.4, -0.2) is 34.1 Å².